The first-order chi connectivity index (χ1) is 25.8. The number of allylic oxidation sites excluding steroid dienone is 3. The second kappa shape index (κ2) is 35.1. The summed E-state index contributed by atoms with van der Waals surface area (Å²) in [5.74, 6) is -0.187. The molecule has 1 saturated heterocycles. The number of carbonyl (C=O) groups is 1. The van der Waals surface area contributed by atoms with Crippen LogP contribution in [0.1, 0.15) is 194 Å². The summed E-state index contributed by atoms with van der Waals surface area (Å²) in [4.78, 5) is 12.9. The number of carbonyl (C=O) groups excluding carboxylic acids is 1. The Bertz CT molecular complexity index is 883. The van der Waals surface area contributed by atoms with Crippen LogP contribution in [0.15, 0.2) is 24.3 Å². The van der Waals surface area contributed by atoms with E-state index >= 15 is 0 Å². The summed E-state index contributed by atoms with van der Waals surface area (Å²) < 4.78 is 11.1. The molecule has 0 radical (unpaired) electrons. The number of amides is 1. The van der Waals surface area contributed by atoms with Gasteiger partial charge in [0.05, 0.1) is 25.4 Å². The molecule has 9 nitrogen and oxygen atoms in total. The fraction of sp³-hybridized carbons (Fsp3) is 0.886. The van der Waals surface area contributed by atoms with E-state index in [2.05, 4.69) is 31.3 Å². The zero-order valence-electron chi connectivity index (χ0n) is 34.0. The first-order valence-corrected chi connectivity index (χ1v) is 22.1. The summed E-state index contributed by atoms with van der Waals surface area (Å²) in [6.45, 7) is 3.70. The summed E-state index contributed by atoms with van der Waals surface area (Å²) in [7, 11) is 0. The Labute approximate surface area is 324 Å². The molecule has 312 valence electrons. The second-order valence-corrected chi connectivity index (χ2v) is 15.5. The van der Waals surface area contributed by atoms with Crippen LogP contribution in [0.4, 0.5) is 0 Å². The summed E-state index contributed by atoms with van der Waals surface area (Å²) in [5.41, 5.74) is 0. The lowest BCUT2D eigenvalue weighted by Crippen LogP contribution is -2.60. The number of hydrogen-bond donors (Lipinski definition) is 6. The van der Waals surface area contributed by atoms with Crippen molar-refractivity contribution in [3.05, 3.63) is 24.3 Å². The largest absolute Gasteiger partial charge is 0.394 e. The quantitative estimate of drug-likeness (QED) is 0.0275. The highest BCUT2D eigenvalue weighted by atomic mass is 16.7. The molecular weight excluding hydrogens is 670 g/mol. The van der Waals surface area contributed by atoms with Crippen LogP contribution in [0.3, 0.4) is 0 Å². The molecule has 1 aliphatic heterocycles. The van der Waals surface area contributed by atoms with Gasteiger partial charge in [-0.25, -0.2) is 0 Å². The van der Waals surface area contributed by atoms with Gasteiger partial charge in [0.2, 0.25) is 5.91 Å². The number of unbranched alkanes of at least 4 members (excludes halogenated alkanes) is 24. The van der Waals surface area contributed by atoms with E-state index in [1.807, 2.05) is 6.08 Å². The van der Waals surface area contributed by atoms with Crippen LogP contribution in [0.2, 0.25) is 0 Å². The highest BCUT2D eigenvalue weighted by Gasteiger charge is 2.44. The number of aliphatic hydroxyl groups is 5. The first kappa shape index (κ1) is 49.7. The molecule has 7 unspecified atom stereocenters. The molecule has 0 aromatic heterocycles. The van der Waals surface area contributed by atoms with Gasteiger partial charge < -0.3 is 40.3 Å². The molecular formula is C44H83NO8. The van der Waals surface area contributed by atoms with Crippen LogP contribution in [-0.2, 0) is 14.3 Å². The normalized spacial score (nSPS) is 21.8. The zero-order chi connectivity index (χ0) is 38.8. The molecule has 0 saturated carbocycles. The van der Waals surface area contributed by atoms with Crippen LogP contribution in [0, 0.1) is 0 Å². The van der Waals surface area contributed by atoms with E-state index in [9.17, 15) is 30.3 Å². The Kier molecular flexibility index (Phi) is 32.9. The number of ether oxygens (including phenoxy) is 2. The third-order valence-electron chi connectivity index (χ3n) is 10.5. The number of aliphatic hydroxyl groups excluding tert-OH is 5. The van der Waals surface area contributed by atoms with Gasteiger partial charge in [-0.3, -0.25) is 4.79 Å². The highest BCUT2D eigenvalue weighted by Crippen LogP contribution is 2.22. The molecule has 53 heavy (non-hydrogen) atoms. The minimum Gasteiger partial charge on any atom is -0.394 e. The average Bonchev–Trinajstić information content (AvgIpc) is 3.16. The molecule has 1 heterocycles. The lowest BCUT2D eigenvalue weighted by molar-refractivity contribution is -0.302. The van der Waals surface area contributed by atoms with Crippen LogP contribution < -0.4 is 5.32 Å². The van der Waals surface area contributed by atoms with E-state index in [1.165, 1.54) is 135 Å². The van der Waals surface area contributed by atoms with Crippen LogP contribution in [-0.4, -0.2) is 87.5 Å². The molecule has 1 aliphatic rings. The van der Waals surface area contributed by atoms with E-state index < -0.39 is 49.5 Å². The number of nitrogens with one attached hydrogen (secondary N) is 1. The molecule has 7 atom stereocenters. The highest BCUT2D eigenvalue weighted by molar-refractivity contribution is 5.76. The standard InChI is InChI=1S/C44H83NO8/c1-3-5-7-9-11-13-14-15-16-17-18-19-20-21-22-23-24-26-28-30-32-34-40(48)45-37(38(47)33-31-29-27-25-12-10-8-6-4-2)36-52-44-43(51)42(50)41(49)39(35-46)53-44/h12,25,31,33,37-39,41-44,46-47,49-51H,3-11,13-24,26-30,32,34-36H2,1-2H3,(H,45,48)/b25-12+,33-31+. The van der Waals surface area contributed by atoms with Gasteiger partial charge in [0.15, 0.2) is 6.29 Å². The van der Waals surface area contributed by atoms with Crippen molar-refractivity contribution in [2.24, 2.45) is 0 Å². The number of hydrogen-bond acceptors (Lipinski definition) is 8. The second-order valence-electron chi connectivity index (χ2n) is 15.5. The van der Waals surface area contributed by atoms with Crippen molar-refractivity contribution in [1.29, 1.82) is 0 Å². The Morgan fingerprint density at radius 2 is 1.08 bits per heavy atom. The summed E-state index contributed by atoms with van der Waals surface area (Å²) in [5, 5.41) is 53.9. The molecule has 1 fully saturated rings. The monoisotopic (exact) mass is 754 g/mol. The van der Waals surface area contributed by atoms with Crippen molar-refractivity contribution < 1.29 is 39.8 Å². The molecule has 0 bridgehead atoms. The van der Waals surface area contributed by atoms with Gasteiger partial charge in [-0.05, 0) is 32.1 Å². The van der Waals surface area contributed by atoms with E-state index in [0.29, 0.717) is 6.42 Å². The predicted octanol–water partition coefficient (Wildman–Crippen LogP) is 8.72. The molecule has 0 aliphatic carbocycles. The molecule has 0 spiro atoms. The predicted molar refractivity (Wildman–Crippen MR) is 217 cm³/mol. The maximum atomic E-state index is 12.9. The SMILES string of the molecule is CCCCC/C=C/CC/C=C/C(O)C(COC1OC(CO)C(O)C(O)C1O)NC(=O)CCCCCCCCCCCCCCCCCCCCCCC. The van der Waals surface area contributed by atoms with Gasteiger partial charge in [-0.15, -0.1) is 0 Å². The molecule has 6 N–H and O–H groups in total. The molecule has 9 heteroatoms. The van der Waals surface area contributed by atoms with Gasteiger partial charge in [0.1, 0.15) is 24.4 Å². The van der Waals surface area contributed by atoms with Gasteiger partial charge in [-0.1, -0.05) is 179 Å². The van der Waals surface area contributed by atoms with Crippen molar-refractivity contribution >= 4 is 5.91 Å². The number of rotatable bonds is 36. The van der Waals surface area contributed by atoms with Crippen molar-refractivity contribution in [2.45, 2.75) is 236 Å². The summed E-state index contributed by atoms with van der Waals surface area (Å²) in [6, 6.07) is -0.814. The van der Waals surface area contributed by atoms with Gasteiger partial charge in [0, 0.05) is 6.42 Å². The molecule has 1 rings (SSSR count). The van der Waals surface area contributed by atoms with Gasteiger partial charge in [-0.2, -0.15) is 0 Å². The lowest BCUT2D eigenvalue weighted by Gasteiger charge is -2.40. The lowest BCUT2D eigenvalue weighted by atomic mass is 9.99. The topological polar surface area (TPSA) is 149 Å². The van der Waals surface area contributed by atoms with Crippen LogP contribution >= 0.6 is 0 Å². The Hall–Kier alpha value is -1.33. The maximum Gasteiger partial charge on any atom is 0.220 e. The van der Waals surface area contributed by atoms with E-state index in [1.54, 1.807) is 6.08 Å². The van der Waals surface area contributed by atoms with Crippen molar-refractivity contribution in [3.8, 4) is 0 Å². The zero-order valence-corrected chi connectivity index (χ0v) is 34.0. The van der Waals surface area contributed by atoms with Crippen LogP contribution in [0.5, 0.6) is 0 Å². The average molecular weight is 754 g/mol. The Morgan fingerprint density at radius 3 is 1.58 bits per heavy atom. The minimum atomic E-state index is -1.57. The fourth-order valence-electron chi connectivity index (χ4n) is 6.94. The third-order valence-corrected chi connectivity index (χ3v) is 10.5. The maximum absolute atomic E-state index is 12.9. The smallest absolute Gasteiger partial charge is 0.220 e. The van der Waals surface area contributed by atoms with E-state index in [-0.39, 0.29) is 12.5 Å². The fourth-order valence-corrected chi connectivity index (χ4v) is 6.94. The molecule has 1 amide bonds. The van der Waals surface area contributed by atoms with E-state index in [0.717, 1.165) is 38.5 Å². The van der Waals surface area contributed by atoms with Gasteiger partial charge >= 0.3 is 0 Å². The van der Waals surface area contributed by atoms with E-state index in [4.69, 9.17) is 9.47 Å². The summed E-state index contributed by atoms with van der Waals surface area (Å²) in [6.07, 6.45) is 33.9. The Morgan fingerprint density at radius 1 is 0.623 bits per heavy atom. The van der Waals surface area contributed by atoms with Crippen molar-refractivity contribution in [3.63, 3.8) is 0 Å². The minimum absolute atomic E-state index is 0.187. The first-order valence-electron chi connectivity index (χ1n) is 22.1. The van der Waals surface area contributed by atoms with Crippen LogP contribution in [0.25, 0.3) is 0 Å². The van der Waals surface area contributed by atoms with Crippen molar-refractivity contribution in [1.82, 2.24) is 5.32 Å². The Balaban J connectivity index is 2.27. The van der Waals surface area contributed by atoms with Gasteiger partial charge in [0.25, 0.3) is 0 Å². The van der Waals surface area contributed by atoms with Crippen molar-refractivity contribution in [2.75, 3.05) is 13.2 Å². The molecule has 0 aromatic rings. The third kappa shape index (κ3) is 26.2. The summed E-state index contributed by atoms with van der Waals surface area (Å²) >= 11 is 0. The molecule has 0 aromatic carbocycles.